The van der Waals surface area contributed by atoms with Crippen molar-refractivity contribution < 1.29 is 19.1 Å². The first-order valence-electron chi connectivity index (χ1n) is 6.58. The number of ether oxygens (including phenoxy) is 1. The Labute approximate surface area is 118 Å². The van der Waals surface area contributed by atoms with Crippen molar-refractivity contribution in [3.8, 4) is 0 Å². The first-order chi connectivity index (χ1) is 9.45. The summed E-state index contributed by atoms with van der Waals surface area (Å²) in [4.78, 5) is 39.3. The Bertz CT molecular complexity index is 493. The summed E-state index contributed by atoms with van der Waals surface area (Å²) in [5, 5.41) is 0. The van der Waals surface area contributed by atoms with Crippen LogP contribution >= 0.6 is 0 Å². The summed E-state index contributed by atoms with van der Waals surface area (Å²) in [7, 11) is 0. The van der Waals surface area contributed by atoms with Gasteiger partial charge in [0.25, 0.3) is 0 Å². The van der Waals surface area contributed by atoms with Crippen molar-refractivity contribution in [2.45, 2.75) is 33.6 Å². The highest BCUT2D eigenvalue weighted by molar-refractivity contribution is 6.08. The van der Waals surface area contributed by atoms with Gasteiger partial charge in [-0.3, -0.25) is 14.6 Å². The summed E-state index contributed by atoms with van der Waals surface area (Å²) in [6.45, 7) is 5.12. The van der Waals surface area contributed by atoms with E-state index in [1.54, 1.807) is 19.1 Å². The van der Waals surface area contributed by atoms with Crippen molar-refractivity contribution in [2.75, 3.05) is 6.61 Å². The Hall–Kier alpha value is -2.04. The molecule has 108 valence electrons. The topological polar surface area (TPSA) is 73.3 Å². The van der Waals surface area contributed by atoms with Crippen LogP contribution in [0.2, 0.25) is 0 Å². The smallest absolute Gasteiger partial charge is 0.316 e. The van der Waals surface area contributed by atoms with Gasteiger partial charge >= 0.3 is 5.97 Å². The number of pyridine rings is 1. The number of Topliss-reactive ketones (excluding diaryl/α,β-unsaturated/α-hetero) is 2. The molecule has 0 N–H and O–H groups in total. The van der Waals surface area contributed by atoms with E-state index in [2.05, 4.69) is 4.98 Å². The van der Waals surface area contributed by atoms with Crippen LogP contribution in [0.15, 0.2) is 18.3 Å². The zero-order valence-electron chi connectivity index (χ0n) is 12.0. The van der Waals surface area contributed by atoms with Gasteiger partial charge in [-0.15, -0.1) is 0 Å². The number of rotatable bonds is 7. The molecular formula is C15H19NO4. The van der Waals surface area contributed by atoms with Gasteiger partial charge in [0.15, 0.2) is 5.78 Å². The zero-order chi connectivity index (χ0) is 15.1. The largest absolute Gasteiger partial charge is 0.465 e. The average molecular weight is 277 g/mol. The Morgan fingerprint density at radius 1 is 1.30 bits per heavy atom. The number of ketones is 2. The first kappa shape index (κ1) is 16.0. The molecule has 1 aromatic rings. The molecule has 1 aromatic heterocycles. The van der Waals surface area contributed by atoms with Crippen molar-refractivity contribution in [3.63, 3.8) is 0 Å². The second kappa shape index (κ2) is 7.53. The van der Waals surface area contributed by atoms with Gasteiger partial charge in [0.2, 0.25) is 0 Å². The lowest BCUT2D eigenvalue weighted by Crippen LogP contribution is -2.27. The quantitative estimate of drug-likeness (QED) is 0.433. The molecule has 0 aromatic carbocycles. The SMILES string of the molecule is CCOC(=O)[C@H](CCC(C)=O)C(=O)c1ccc(C)nc1. The van der Waals surface area contributed by atoms with Crippen LogP contribution in [-0.4, -0.2) is 29.1 Å². The molecule has 5 heteroatoms. The molecule has 1 heterocycles. The van der Waals surface area contributed by atoms with Gasteiger partial charge < -0.3 is 9.53 Å². The molecule has 0 aliphatic rings. The maximum atomic E-state index is 12.3. The molecule has 0 bridgehead atoms. The molecule has 0 fully saturated rings. The minimum absolute atomic E-state index is 0.0610. The highest BCUT2D eigenvalue weighted by Crippen LogP contribution is 2.16. The minimum atomic E-state index is -0.941. The summed E-state index contributed by atoms with van der Waals surface area (Å²) in [5.41, 5.74) is 1.15. The van der Waals surface area contributed by atoms with Crippen molar-refractivity contribution in [1.29, 1.82) is 0 Å². The van der Waals surface area contributed by atoms with E-state index in [4.69, 9.17) is 4.74 Å². The second-order valence-electron chi connectivity index (χ2n) is 4.60. The van der Waals surface area contributed by atoms with E-state index in [0.29, 0.717) is 5.56 Å². The van der Waals surface area contributed by atoms with Crippen LogP contribution in [0.1, 0.15) is 42.7 Å². The fraction of sp³-hybridized carbons (Fsp3) is 0.467. The van der Waals surface area contributed by atoms with Crippen LogP contribution in [0, 0.1) is 12.8 Å². The van der Waals surface area contributed by atoms with E-state index >= 15 is 0 Å². The maximum absolute atomic E-state index is 12.3. The van der Waals surface area contributed by atoms with Gasteiger partial charge in [-0.05, 0) is 39.3 Å². The van der Waals surface area contributed by atoms with Crippen molar-refractivity contribution in [1.82, 2.24) is 4.98 Å². The molecule has 0 aliphatic carbocycles. The monoisotopic (exact) mass is 277 g/mol. The van der Waals surface area contributed by atoms with E-state index in [9.17, 15) is 14.4 Å². The summed E-state index contributed by atoms with van der Waals surface area (Å²) in [6.07, 6.45) is 1.78. The molecule has 1 atom stereocenters. The number of hydrogen-bond acceptors (Lipinski definition) is 5. The Kier molecular flexibility index (Phi) is 6.03. The molecule has 0 spiro atoms. The van der Waals surface area contributed by atoms with Gasteiger partial charge in [-0.1, -0.05) is 0 Å². The van der Waals surface area contributed by atoms with Crippen LogP contribution in [0.4, 0.5) is 0 Å². The highest BCUT2D eigenvalue weighted by atomic mass is 16.5. The molecule has 1 rings (SSSR count). The molecular weight excluding hydrogens is 258 g/mol. The number of aryl methyl sites for hydroxylation is 1. The summed E-state index contributed by atoms with van der Waals surface area (Å²) < 4.78 is 4.91. The molecule has 0 unspecified atom stereocenters. The number of esters is 1. The third-order valence-electron chi connectivity index (χ3n) is 2.87. The van der Waals surface area contributed by atoms with E-state index in [0.717, 1.165) is 5.69 Å². The Balaban J connectivity index is 2.90. The lowest BCUT2D eigenvalue weighted by atomic mass is 9.93. The molecule has 20 heavy (non-hydrogen) atoms. The lowest BCUT2D eigenvalue weighted by molar-refractivity contribution is -0.146. The van der Waals surface area contributed by atoms with Gasteiger partial charge in [-0.25, -0.2) is 0 Å². The van der Waals surface area contributed by atoms with Gasteiger partial charge in [-0.2, -0.15) is 0 Å². The van der Waals surface area contributed by atoms with Gasteiger partial charge in [0.05, 0.1) is 6.61 Å². The number of carbonyl (C=O) groups is 3. The molecule has 0 amide bonds. The van der Waals surface area contributed by atoms with Gasteiger partial charge in [0.1, 0.15) is 11.7 Å². The normalized spacial score (nSPS) is 11.8. The van der Waals surface area contributed by atoms with E-state index in [1.807, 2.05) is 6.92 Å². The zero-order valence-corrected chi connectivity index (χ0v) is 12.0. The Morgan fingerprint density at radius 3 is 2.50 bits per heavy atom. The summed E-state index contributed by atoms with van der Waals surface area (Å²) in [5.74, 6) is -1.94. The number of nitrogens with zero attached hydrogens (tertiary/aromatic N) is 1. The third-order valence-corrected chi connectivity index (χ3v) is 2.87. The van der Waals surface area contributed by atoms with E-state index < -0.39 is 11.9 Å². The van der Waals surface area contributed by atoms with Crippen LogP contribution in [0.3, 0.4) is 0 Å². The Morgan fingerprint density at radius 2 is 2.00 bits per heavy atom. The standard InChI is InChI=1S/C15H19NO4/c1-4-20-15(19)13(8-6-11(3)17)14(18)12-7-5-10(2)16-9-12/h5,7,9,13H,4,6,8H2,1-3H3/t13-/m1/s1. The lowest BCUT2D eigenvalue weighted by Gasteiger charge is -2.13. The molecule has 0 saturated heterocycles. The van der Waals surface area contributed by atoms with Crippen LogP contribution in [0.5, 0.6) is 0 Å². The van der Waals surface area contributed by atoms with E-state index in [-0.39, 0.29) is 31.0 Å². The fourth-order valence-electron chi connectivity index (χ4n) is 1.76. The van der Waals surface area contributed by atoms with E-state index in [1.165, 1.54) is 13.1 Å². The predicted molar refractivity (Wildman–Crippen MR) is 73.3 cm³/mol. The van der Waals surface area contributed by atoms with Crippen molar-refractivity contribution >= 4 is 17.5 Å². The molecule has 0 saturated carbocycles. The molecule has 0 aliphatic heterocycles. The third kappa shape index (κ3) is 4.57. The predicted octanol–water partition coefficient (Wildman–Crippen LogP) is 2.12. The van der Waals surface area contributed by atoms with Crippen LogP contribution in [0.25, 0.3) is 0 Å². The fourth-order valence-corrected chi connectivity index (χ4v) is 1.76. The summed E-state index contributed by atoms with van der Waals surface area (Å²) in [6, 6.07) is 3.34. The minimum Gasteiger partial charge on any atom is -0.465 e. The summed E-state index contributed by atoms with van der Waals surface area (Å²) >= 11 is 0. The molecule has 5 nitrogen and oxygen atoms in total. The second-order valence-corrected chi connectivity index (χ2v) is 4.60. The van der Waals surface area contributed by atoms with Crippen molar-refractivity contribution in [2.24, 2.45) is 5.92 Å². The number of hydrogen-bond donors (Lipinski definition) is 0. The van der Waals surface area contributed by atoms with Crippen LogP contribution in [-0.2, 0) is 14.3 Å². The number of carbonyl (C=O) groups excluding carboxylic acids is 3. The highest BCUT2D eigenvalue weighted by Gasteiger charge is 2.29. The number of aromatic nitrogens is 1. The first-order valence-corrected chi connectivity index (χ1v) is 6.58. The average Bonchev–Trinajstić information content (AvgIpc) is 2.39. The van der Waals surface area contributed by atoms with Crippen molar-refractivity contribution in [3.05, 3.63) is 29.6 Å². The van der Waals surface area contributed by atoms with Gasteiger partial charge in [0, 0.05) is 23.9 Å². The van der Waals surface area contributed by atoms with Crippen LogP contribution < -0.4 is 0 Å². The maximum Gasteiger partial charge on any atom is 0.316 e. The molecule has 0 radical (unpaired) electrons.